The molecular weight excluding hydrogens is 500 g/mol. The molecule has 0 amide bonds. The molecule has 0 spiro atoms. The molecule has 1 aliphatic heterocycles. The first-order valence-corrected chi connectivity index (χ1v) is 13.1. The lowest BCUT2D eigenvalue weighted by Gasteiger charge is -2.27. The quantitative estimate of drug-likeness (QED) is 0.349. The van der Waals surface area contributed by atoms with E-state index in [1.165, 1.54) is 11.3 Å². The van der Waals surface area contributed by atoms with Gasteiger partial charge in [-0.3, -0.25) is 9.36 Å². The summed E-state index contributed by atoms with van der Waals surface area (Å²) in [4.78, 5) is 32.6. The summed E-state index contributed by atoms with van der Waals surface area (Å²) in [6, 6.07) is 16.7. The van der Waals surface area contributed by atoms with Gasteiger partial charge in [0.25, 0.3) is 5.56 Å². The fourth-order valence-electron chi connectivity index (χ4n) is 4.77. The molecule has 1 unspecified atom stereocenters. The Hall–Kier alpha value is -4.17. The van der Waals surface area contributed by atoms with Gasteiger partial charge in [0.2, 0.25) is 0 Å². The van der Waals surface area contributed by atoms with E-state index in [2.05, 4.69) is 4.99 Å². The Kier molecular flexibility index (Phi) is 6.91. The molecule has 5 rings (SSSR count). The highest BCUT2D eigenvalue weighted by Crippen LogP contribution is 2.41. The number of carbonyl (C=O) groups excluding carboxylic acids is 1. The molecule has 3 aromatic carbocycles. The van der Waals surface area contributed by atoms with Crippen LogP contribution in [0.4, 0.5) is 0 Å². The van der Waals surface area contributed by atoms with Crippen LogP contribution in [-0.4, -0.2) is 31.4 Å². The Bertz CT molecular complexity index is 1760. The predicted molar refractivity (Wildman–Crippen MR) is 149 cm³/mol. The van der Waals surface area contributed by atoms with Gasteiger partial charge in [0.1, 0.15) is 17.5 Å². The van der Waals surface area contributed by atoms with Crippen LogP contribution in [0.2, 0.25) is 0 Å². The van der Waals surface area contributed by atoms with Crippen molar-refractivity contribution in [1.82, 2.24) is 4.57 Å². The van der Waals surface area contributed by atoms with Gasteiger partial charge >= 0.3 is 5.97 Å². The summed E-state index contributed by atoms with van der Waals surface area (Å²) in [5.74, 6) is 0.672. The molecule has 0 N–H and O–H groups in total. The number of rotatable bonds is 6. The summed E-state index contributed by atoms with van der Waals surface area (Å²) in [6.45, 7) is 5.74. The molecule has 194 valence electrons. The minimum Gasteiger partial charge on any atom is -0.497 e. The van der Waals surface area contributed by atoms with Crippen LogP contribution in [0, 0.1) is 6.92 Å². The highest BCUT2D eigenvalue weighted by molar-refractivity contribution is 7.07. The lowest BCUT2D eigenvalue weighted by molar-refractivity contribution is -0.139. The lowest BCUT2D eigenvalue weighted by atomic mass is 9.90. The van der Waals surface area contributed by atoms with Gasteiger partial charge in [-0.05, 0) is 61.4 Å². The number of ether oxygens (including phenoxy) is 3. The number of nitrogens with zero attached hydrogens (tertiary/aromatic N) is 2. The maximum Gasteiger partial charge on any atom is 0.338 e. The lowest BCUT2D eigenvalue weighted by Crippen LogP contribution is -2.40. The molecule has 1 atom stereocenters. The van der Waals surface area contributed by atoms with Crippen molar-refractivity contribution in [3.8, 4) is 11.5 Å². The fraction of sp³-hybridized carbons (Fsp3) is 0.233. The van der Waals surface area contributed by atoms with Gasteiger partial charge in [-0.15, -0.1) is 0 Å². The molecule has 1 aromatic heterocycles. The number of thiazole rings is 1. The van der Waals surface area contributed by atoms with Gasteiger partial charge in [-0.25, -0.2) is 9.79 Å². The van der Waals surface area contributed by atoms with Gasteiger partial charge < -0.3 is 14.2 Å². The Morgan fingerprint density at radius 2 is 1.79 bits per heavy atom. The van der Waals surface area contributed by atoms with E-state index >= 15 is 0 Å². The molecule has 1 aliphatic rings. The second-order valence-electron chi connectivity index (χ2n) is 8.98. The summed E-state index contributed by atoms with van der Waals surface area (Å²) in [6.07, 6.45) is 1.85. The number of hydrogen-bond acceptors (Lipinski definition) is 7. The van der Waals surface area contributed by atoms with Crippen molar-refractivity contribution in [1.29, 1.82) is 0 Å². The maximum absolute atomic E-state index is 14.0. The standard InChI is InChI=1S/C30H28N2O5S/c1-6-37-29(34)25-18(3)31-30-32(28(33)24(38-30)15-19-9-7-17(2)8-10-19)27(25)26-22-16-21(35-4)13-11-20(22)12-14-23(26)36-5/h7-16,27H,6H2,1-5H3. The van der Waals surface area contributed by atoms with Crippen LogP contribution in [-0.2, 0) is 9.53 Å². The Balaban J connectivity index is 1.86. The second-order valence-corrected chi connectivity index (χ2v) is 9.99. The van der Waals surface area contributed by atoms with E-state index in [-0.39, 0.29) is 12.2 Å². The van der Waals surface area contributed by atoms with E-state index in [0.717, 1.165) is 21.9 Å². The molecule has 2 heterocycles. The third kappa shape index (κ3) is 4.41. The van der Waals surface area contributed by atoms with Gasteiger partial charge in [-0.1, -0.05) is 53.3 Å². The Labute approximate surface area is 223 Å². The van der Waals surface area contributed by atoms with Crippen molar-refractivity contribution >= 4 is 34.2 Å². The highest BCUT2D eigenvalue weighted by Gasteiger charge is 2.36. The second kappa shape index (κ2) is 10.3. The van der Waals surface area contributed by atoms with Gasteiger partial charge in [0.15, 0.2) is 4.80 Å². The van der Waals surface area contributed by atoms with Crippen molar-refractivity contribution in [2.24, 2.45) is 4.99 Å². The molecule has 0 bridgehead atoms. The molecule has 0 saturated heterocycles. The van der Waals surface area contributed by atoms with Crippen molar-refractivity contribution in [3.05, 3.63) is 102 Å². The van der Waals surface area contributed by atoms with E-state index < -0.39 is 12.0 Å². The summed E-state index contributed by atoms with van der Waals surface area (Å²) in [5.41, 5.74) is 3.27. The van der Waals surface area contributed by atoms with Crippen LogP contribution < -0.4 is 24.4 Å². The van der Waals surface area contributed by atoms with Crippen molar-refractivity contribution in [3.63, 3.8) is 0 Å². The Morgan fingerprint density at radius 3 is 2.47 bits per heavy atom. The Morgan fingerprint density at radius 1 is 1.05 bits per heavy atom. The third-order valence-electron chi connectivity index (χ3n) is 6.62. The number of carbonyl (C=O) groups is 1. The van der Waals surface area contributed by atoms with E-state index in [4.69, 9.17) is 14.2 Å². The molecule has 0 saturated carbocycles. The number of esters is 1. The summed E-state index contributed by atoms with van der Waals surface area (Å²) < 4.78 is 18.9. The summed E-state index contributed by atoms with van der Waals surface area (Å²) in [5, 5.41) is 1.72. The normalized spacial score (nSPS) is 15.3. The van der Waals surface area contributed by atoms with Crippen LogP contribution in [0.15, 0.2) is 75.7 Å². The van der Waals surface area contributed by atoms with E-state index in [0.29, 0.717) is 37.7 Å². The van der Waals surface area contributed by atoms with Crippen molar-refractivity contribution in [2.75, 3.05) is 20.8 Å². The van der Waals surface area contributed by atoms with Crippen LogP contribution >= 0.6 is 11.3 Å². The zero-order valence-corrected chi connectivity index (χ0v) is 22.7. The van der Waals surface area contributed by atoms with Crippen molar-refractivity contribution in [2.45, 2.75) is 26.8 Å². The first-order chi connectivity index (χ1) is 18.4. The molecule has 4 aromatic rings. The van der Waals surface area contributed by atoms with Gasteiger partial charge in [0.05, 0.1) is 36.6 Å². The number of allylic oxidation sites excluding steroid dienone is 1. The smallest absolute Gasteiger partial charge is 0.338 e. The zero-order chi connectivity index (χ0) is 27.0. The van der Waals surface area contributed by atoms with Crippen LogP contribution in [0.3, 0.4) is 0 Å². The number of methoxy groups -OCH3 is 2. The number of aryl methyl sites for hydroxylation is 1. The molecule has 38 heavy (non-hydrogen) atoms. The molecular formula is C30H28N2O5S. The van der Waals surface area contributed by atoms with E-state index in [9.17, 15) is 9.59 Å². The number of benzene rings is 3. The van der Waals surface area contributed by atoms with Crippen LogP contribution in [0.25, 0.3) is 16.8 Å². The average Bonchev–Trinajstić information content (AvgIpc) is 3.22. The van der Waals surface area contributed by atoms with Gasteiger partial charge in [-0.2, -0.15) is 0 Å². The minimum atomic E-state index is -0.809. The zero-order valence-electron chi connectivity index (χ0n) is 21.9. The van der Waals surface area contributed by atoms with Gasteiger partial charge in [0, 0.05) is 5.56 Å². The monoisotopic (exact) mass is 528 g/mol. The fourth-order valence-corrected chi connectivity index (χ4v) is 5.81. The SMILES string of the molecule is CCOC(=O)C1=C(C)N=c2sc(=Cc3ccc(C)cc3)c(=O)n2C1c1c(OC)ccc2ccc(OC)cc12. The molecule has 0 aliphatic carbocycles. The van der Waals surface area contributed by atoms with Crippen molar-refractivity contribution < 1.29 is 19.0 Å². The summed E-state index contributed by atoms with van der Waals surface area (Å²) in [7, 11) is 3.18. The molecule has 7 nitrogen and oxygen atoms in total. The number of hydrogen-bond donors (Lipinski definition) is 0. The van der Waals surface area contributed by atoms with E-state index in [1.807, 2.05) is 67.6 Å². The number of aromatic nitrogens is 1. The first-order valence-electron chi connectivity index (χ1n) is 12.3. The third-order valence-corrected chi connectivity index (χ3v) is 7.60. The summed E-state index contributed by atoms with van der Waals surface area (Å²) >= 11 is 1.29. The topological polar surface area (TPSA) is 79.1 Å². The molecule has 8 heteroatoms. The molecule has 0 radical (unpaired) electrons. The first kappa shape index (κ1) is 25.5. The average molecular weight is 529 g/mol. The predicted octanol–water partition coefficient (Wildman–Crippen LogP) is 4.28. The van der Waals surface area contributed by atoms with Crippen LogP contribution in [0.1, 0.15) is 36.6 Å². The minimum absolute atomic E-state index is 0.195. The number of fused-ring (bicyclic) bond motifs is 2. The molecule has 0 fully saturated rings. The largest absolute Gasteiger partial charge is 0.497 e. The van der Waals surface area contributed by atoms with E-state index in [1.54, 1.807) is 32.6 Å². The van der Waals surface area contributed by atoms with Crippen LogP contribution in [0.5, 0.6) is 11.5 Å². The maximum atomic E-state index is 14.0. The highest BCUT2D eigenvalue weighted by atomic mass is 32.1.